The summed E-state index contributed by atoms with van der Waals surface area (Å²) in [6.45, 7) is 2.00. The Bertz CT molecular complexity index is 551. The van der Waals surface area contributed by atoms with Crippen LogP contribution < -0.4 is 5.43 Å². The quantitative estimate of drug-likeness (QED) is 0.639. The third-order valence-electron chi connectivity index (χ3n) is 2.24. The number of nitrogens with one attached hydrogen (secondary N) is 2. The number of hydrogen-bond donors (Lipinski definition) is 2. The summed E-state index contributed by atoms with van der Waals surface area (Å²) in [6.07, 6.45) is 0.915. The molecule has 2 rings (SSSR count). The number of ether oxygens (including phenoxy) is 1. The fraction of sp³-hybridized carbons (Fsp3) is 0.167. The van der Waals surface area contributed by atoms with Crippen molar-refractivity contribution < 1.29 is 9.53 Å². The van der Waals surface area contributed by atoms with Crippen LogP contribution in [0.1, 0.15) is 18.2 Å². The van der Waals surface area contributed by atoms with E-state index in [1.165, 1.54) is 6.20 Å². The lowest BCUT2D eigenvalue weighted by atomic mass is 10.1. The Hall–Kier alpha value is -2.70. The molecule has 0 fully saturated rings. The number of carbonyl (C=O) groups excluding carboxylic acids is 1. The molecular weight excluding hydrogens is 246 g/mol. The average molecular weight is 259 g/mol. The molecule has 0 radical (unpaired) electrons. The maximum Gasteiger partial charge on any atom is 0.427 e. The van der Waals surface area contributed by atoms with E-state index >= 15 is 0 Å². The highest BCUT2D eigenvalue weighted by atomic mass is 16.5. The van der Waals surface area contributed by atoms with Crippen LogP contribution in [0.3, 0.4) is 0 Å². The Labute approximate surface area is 109 Å². The van der Waals surface area contributed by atoms with Crippen LogP contribution in [0, 0.1) is 0 Å². The molecule has 2 aromatic rings. The zero-order chi connectivity index (χ0) is 13.5. The van der Waals surface area contributed by atoms with E-state index in [1.807, 2.05) is 30.3 Å². The van der Waals surface area contributed by atoms with E-state index in [9.17, 15) is 4.79 Å². The van der Waals surface area contributed by atoms with Crippen molar-refractivity contribution in [3.8, 4) is 0 Å². The maximum absolute atomic E-state index is 11.3. The Morgan fingerprint density at radius 1 is 1.42 bits per heavy atom. The monoisotopic (exact) mass is 259 g/mol. The number of rotatable bonds is 4. The van der Waals surface area contributed by atoms with E-state index in [1.54, 1.807) is 6.92 Å². The molecule has 1 heterocycles. The second-order valence-electron chi connectivity index (χ2n) is 3.51. The molecule has 2 N–H and O–H groups in total. The first-order chi connectivity index (χ1) is 9.31. The van der Waals surface area contributed by atoms with Crippen LogP contribution in [0.2, 0.25) is 0 Å². The van der Waals surface area contributed by atoms with Crippen molar-refractivity contribution in [1.29, 1.82) is 0 Å². The van der Waals surface area contributed by atoms with E-state index in [4.69, 9.17) is 4.74 Å². The molecule has 0 aliphatic carbocycles. The number of hydrogen-bond acceptors (Lipinski definition) is 5. The predicted molar refractivity (Wildman–Crippen MR) is 68.6 cm³/mol. The number of hydrazone groups is 1. The molecule has 7 nitrogen and oxygen atoms in total. The summed E-state index contributed by atoms with van der Waals surface area (Å²) in [5.41, 5.74) is 4.16. The Morgan fingerprint density at radius 3 is 2.84 bits per heavy atom. The maximum atomic E-state index is 11.3. The predicted octanol–water partition coefficient (Wildman–Crippen LogP) is 1.30. The highest BCUT2D eigenvalue weighted by Crippen LogP contribution is 2.06. The van der Waals surface area contributed by atoms with Gasteiger partial charge in [-0.2, -0.15) is 20.5 Å². The van der Waals surface area contributed by atoms with Crippen LogP contribution in [0.15, 0.2) is 41.6 Å². The first-order valence-corrected chi connectivity index (χ1v) is 5.73. The average Bonchev–Trinajstić information content (AvgIpc) is 2.94. The topological polar surface area (TPSA) is 92.3 Å². The lowest BCUT2D eigenvalue weighted by Gasteiger charge is -2.04. The van der Waals surface area contributed by atoms with Crippen LogP contribution in [0.4, 0.5) is 4.79 Å². The lowest BCUT2D eigenvalue weighted by molar-refractivity contribution is 0.152. The standard InChI is InChI=1S/C12H13N5O2/c1-2-19-12(18)16-15-11(10-8-13-17-14-10)9-6-4-3-5-7-9/h3-8H,2H2,1H3,(H,16,18)(H,13,14,17)/b15-11-. The molecule has 98 valence electrons. The highest BCUT2D eigenvalue weighted by Gasteiger charge is 2.10. The van der Waals surface area contributed by atoms with E-state index in [2.05, 4.69) is 25.9 Å². The smallest absolute Gasteiger partial charge is 0.427 e. The number of aromatic nitrogens is 3. The molecule has 0 saturated heterocycles. The molecule has 0 unspecified atom stereocenters. The van der Waals surface area contributed by atoms with Gasteiger partial charge in [-0.3, -0.25) is 0 Å². The summed E-state index contributed by atoms with van der Waals surface area (Å²) in [5, 5.41) is 14.2. The molecule has 1 aromatic heterocycles. The van der Waals surface area contributed by atoms with Crippen molar-refractivity contribution in [2.45, 2.75) is 6.92 Å². The Morgan fingerprint density at radius 2 is 2.21 bits per heavy atom. The van der Waals surface area contributed by atoms with E-state index in [0.29, 0.717) is 11.4 Å². The van der Waals surface area contributed by atoms with Crippen LogP contribution >= 0.6 is 0 Å². The number of carbonyl (C=O) groups is 1. The molecule has 0 saturated carbocycles. The molecule has 1 amide bonds. The van der Waals surface area contributed by atoms with Crippen molar-refractivity contribution in [3.63, 3.8) is 0 Å². The van der Waals surface area contributed by atoms with E-state index in [-0.39, 0.29) is 6.61 Å². The van der Waals surface area contributed by atoms with Gasteiger partial charge in [0.05, 0.1) is 12.8 Å². The summed E-state index contributed by atoms with van der Waals surface area (Å²) in [7, 11) is 0. The number of nitrogens with zero attached hydrogens (tertiary/aromatic N) is 3. The summed E-state index contributed by atoms with van der Waals surface area (Å²) < 4.78 is 4.74. The van der Waals surface area contributed by atoms with Crippen LogP contribution in [0.5, 0.6) is 0 Å². The van der Waals surface area contributed by atoms with Gasteiger partial charge in [0.25, 0.3) is 0 Å². The zero-order valence-corrected chi connectivity index (χ0v) is 10.3. The molecule has 7 heteroatoms. The minimum atomic E-state index is -0.612. The van der Waals surface area contributed by atoms with Crippen molar-refractivity contribution in [1.82, 2.24) is 20.8 Å². The fourth-order valence-corrected chi connectivity index (χ4v) is 1.45. The third kappa shape index (κ3) is 3.38. The third-order valence-corrected chi connectivity index (χ3v) is 2.24. The van der Waals surface area contributed by atoms with Gasteiger partial charge in [0.15, 0.2) is 0 Å². The minimum Gasteiger partial charge on any atom is -0.449 e. The number of amides is 1. The summed E-state index contributed by atoms with van der Waals surface area (Å²) in [4.78, 5) is 11.3. The Kier molecular flexibility index (Phi) is 4.22. The van der Waals surface area contributed by atoms with Gasteiger partial charge in [-0.15, -0.1) is 0 Å². The summed E-state index contributed by atoms with van der Waals surface area (Å²) in [6, 6.07) is 9.36. The number of benzene rings is 1. The van der Waals surface area contributed by atoms with Gasteiger partial charge >= 0.3 is 6.09 Å². The first-order valence-electron chi connectivity index (χ1n) is 5.73. The zero-order valence-electron chi connectivity index (χ0n) is 10.3. The van der Waals surface area contributed by atoms with Gasteiger partial charge in [-0.05, 0) is 6.92 Å². The second kappa shape index (κ2) is 6.29. The molecular formula is C12H13N5O2. The first kappa shape index (κ1) is 12.7. The SMILES string of the molecule is CCOC(=O)N/N=C(/c1ccccc1)c1cn[nH]n1. The molecule has 0 aliphatic rings. The molecule has 0 aliphatic heterocycles. The van der Waals surface area contributed by atoms with Crippen molar-refractivity contribution in [2.24, 2.45) is 5.10 Å². The largest absolute Gasteiger partial charge is 0.449 e. The number of H-pyrrole nitrogens is 1. The Balaban J connectivity index is 2.26. The normalized spacial score (nSPS) is 11.1. The van der Waals surface area contributed by atoms with Gasteiger partial charge in [-0.25, -0.2) is 10.2 Å². The van der Waals surface area contributed by atoms with E-state index in [0.717, 1.165) is 5.56 Å². The number of aromatic amines is 1. The van der Waals surface area contributed by atoms with Gasteiger partial charge < -0.3 is 4.74 Å². The summed E-state index contributed by atoms with van der Waals surface area (Å²) >= 11 is 0. The van der Waals surface area contributed by atoms with Crippen molar-refractivity contribution >= 4 is 11.8 Å². The molecule has 0 spiro atoms. The highest BCUT2D eigenvalue weighted by molar-refractivity contribution is 6.11. The second-order valence-corrected chi connectivity index (χ2v) is 3.51. The van der Waals surface area contributed by atoms with Crippen LogP contribution in [0.25, 0.3) is 0 Å². The van der Waals surface area contributed by atoms with Gasteiger partial charge in [0, 0.05) is 5.56 Å². The van der Waals surface area contributed by atoms with Gasteiger partial charge in [0.1, 0.15) is 11.4 Å². The lowest BCUT2D eigenvalue weighted by Crippen LogP contribution is -2.21. The van der Waals surface area contributed by atoms with Gasteiger partial charge in [-0.1, -0.05) is 30.3 Å². The molecule has 0 atom stereocenters. The minimum absolute atomic E-state index is 0.284. The van der Waals surface area contributed by atoms with Gasteiger partial charge in [0.2, 0.25) is 0 Å². The van der Waals surface area contributed by atoms with Crippen molar-refractivity contribution in [3.05, 3.63) is 47.8 Å². The van der Waals surface area contributed by atoms with Crippen LogP contribution in [-0.4, -0.2) is 33.8 Å². The molecule has 1 aromatic carbocycles. The molecule has 0 bridgehead atoms. The van der Waals surface area contributed by atoms with Crippen molar-refractivity contribution in [2.75, 3.05) is 6.61 Å². The summed E-state index contributed by atoms with van der Waals surface area (Å²) in [5.74, 6) is 0. The molecule has 19 heavy (non-hydrogen) atoms. The fourth-order valence-electron chi connectivity index (χ4n) is 1.45. The van der Waals surface area contributed by atoms with Crippen LogP contribution in [-0.2, 0) is 4.74 Å². The van der Waals surface area contributed by atoms with E-state index < -0.39 is 6.09 Å².